The molecule has 154 valence electrons. The van der Waals surface area contributed by atoms with E-state index in [1.807, 2.05) is 0 Å². The van der Waals surface area contributed by atoms with Crippen LogP contribution in [0.2, 0.25) is 0 Å². The number of fused-ring (bicyclic) bond motifs is 5. The molecule has 0 heterocycles. The molecule has 0 aliphatic heterocycles. The van der Waals surface area contributed by atoms with E-state index in [0.717, 1.165) is 0 Å². The van der Waals surface area contributed by atoms with Gasteiger partial charge >= 0.3 is 0 Å². The average molecular weight is 392 g/mol. The van der Waals surface area contributed by atoms with Crippen LogP contribution < -0.4 is 0 Å². The van der Waals surface area contributed by atoms with Crippen LogP contribution in [0.4, 0.5) is 4.39 Å². The zero-order valence-electron chi connectivity index (χ0n) is 16.6. The number of carbonyl (C=O) groups is 2. The molecule has 6 heteroatoms. The molecule has 0 spiro atoms. The number of halogens is 1. The van der Waals surface area contributed by atoms with Crippen LogP contribution in [-0.4, -0.2) is 50.9 Å². The Kier molecular flexibility index (Phi) is 4.15. The van der Waals surface area contributed by atoms with E-state index in [-0.39, 0.29) is 18.1 Å². The van der Waals surface area contributed by atoms with Gasteiger partial charge in [-0.05, 0) is 56.6 Å². The first-order valence-electron chi connectivity index (χ1n) is 10.1. The number of aliphatic hydroxyl groups is 3. The van der Waals surface area contributed by atoms with E-state index in [4.69, 9.17) is 0 Å². The van der Waals surface area contributed by atoms with Gasteiger partial charge in [0.05, 0.1) is 6.10 Å². The summed E-state index contributed by atoms with van der Waals surface area (Å²) < 4.78 is 16.9. The SMILES string of the molecule is C[C@H]1C[C@@H]2C3CCC4=CC(=O)C=C[C@]4(C)[C@]3(F)C(O)C[C@]2(C)[C@]1(O)C(=O)CO. The van der Waals surface area contributed by atoms with Crippen LogP contribution in [0.3, 0.4) is 0 Å². The van der Waals surface area contributed by atoms with E-state index >= 15 is 4.39 Å². The summed E-state index contributed by atoms with van der Waals surface area (Å²) in [4.78, 5) is 24.4. The smallest absolute Gasteiger partial charge is 0.190 e. The van der Waals surface area contributed by atoms with Crippen molar-refractivity contribution >= 4 is 11.6 Å². The predicted octanol–water partition coefficient (Wildman–Crippen LogP) is 1.90. The number of alkyl halides is 1. The van der Waals surface area contributed by atoms with Gasteiger partial charge in [-0.15, -0.1) is 0 Å². The van der Waals surface area contributed by atoms with E-state index in [2.05, 4.69) is 0 Å². The molecule has 2 unspecified atom stereocenters. The summed E-state index contributed by atoms with van der Waals surface area (Å²) in [6.07, 6.45) is 4.44. The number of aliphatic hydroxyl groups excluding tert-OH is 2. The highest BCUT2D eigenvalue weighted by atomic mass is 19.1. The number of rotatable bonds is 2. The minimum atomic E-state index is -1.98. The Morgan fingerprint density at radius 1 is 1.32 bits per heavy atom. The summed E-state index contributed by atoms with van der Waals surface area (Å²) in [6, 6.07) is 0. The lowest BCUT2D eigenvalue weighted by atomic mass is 9.44. The molecule has 0 amide bonds. The zero-order valence-corrected chi connectivity index (χ0v) is 16.6. The van der Waals surface area contributed by atoms with Crippen molar-refractivity contribution in [1.29, 1.82) is 0 Å². The molecule has 28 heavy (non-hydrogen) atoms. The highest BCUT2D eigenvalue weighted by Gasteiger charge is 2.75. The molecule has 0 aromatic carbocycles. The number of allylic oxidation sites excluding steroid dienone is 4. The van der Waals surface area contributed by atoms with Crippen LogP contribution >= 0.6 is 0 Å². The van der Waals surface area contributed by atoms with Gasteiger partial charge in [-0.2, -0.15) is 0 Å². The van der Waals surface area contributed by atoms with Crippen LogP contribution in [0, 0.1) is 28.6 Å². The molecule has 0 bridgehead atoms. The molecule has 5 nitrogen and oxygen atoms in total. The van der Waals surface area contributed by atoms with Crippen LogP contribution in [0.25, 0.3) is 0 Å². The second-order valence-electron chi connectivity index (χ2n) is 9.75. The second kappa shape index (κ2) is 5.83. The molecule has 0 saturated heterocycles. The fourth-order valence-electron chi connectivity index (χ4n) is 7.26. The van der Waals surface area contributed by atoms with E-state index in [0.29, 0.717) is 24.8 Å². The van der Waals surface area contributed by atoms with Gasteiger partial charge in [-0.1, -0.05) is 25.5 Å². The van der Waals surface area contributed by atoms with Gasteiger partial charge in [0.1, 0.15) is 12.2 Å². The van der Waals surface area contributed by atoms with E-state index < -0.39 is 52.4 Å². The van der Waals surface area contributed by atoms with E-state index in [9.17, 15) is 24.9 Å². The molecule has 0 aromatic rings. The number of hydrogen-bond donors (Lipinski definition) is 3. The minimum absolute atomic E-state index is 0.0676. The summed E-state index contributed by atoms with van der Waals surface area (Å²) in [5.74, 6) is -2.12. The fraction of sp³-hybridized carbons (Fsp3) is 0.727. The summed E-state index contributed by atoms with van der Waals surface area (Å²) in [6.45, 7) is 4.48. The molecule has 3 saturated carbocycles. The molecular formula is C22H29FO5. The number of Topliss-reactive ketones (excluding diaryl/α,β-unsaturated/α-hetero) is 1. The Morgan fingerprint density at radius 3 is 2.64 bits per heavy atom. The maximum absolute atomic E-state index is 16.9. The highest BCUT2D eigenvalue weighted by molar-refractivity contribution is 6.01. The standard InChI is InChI=1S/C22H29FO5/c1-12-8-16-15-5-4-13-9-14(25)6-7-19(13,2)21(15,23)17(26)10-20(16,3)22(12,28)18(27)11-24/h6-7,9,12,15-17,24,26,28H,4-5,8,10-11H2,1-3H3/t12-,15?,16+,17?,19-,20-,21+,22+/m0/s1. The highest BCUT2D eigenvalue weighted by Crippen LogP contribution is 2.70. The zero-order chi connectivity index (χ0) is 20.7. The first-order valence-corrected chi connectivity index (χ1v) is 10.1. The first kappa shape index (κ1) is 19.9. The Bertz CT molecular complexity index is 805. The Morgan fingerprint density at radius 2 is 2.00 bits per heavy atom. The van der Waals surface area contributed by atoms with Gasteiger partial charge in [-0.3, -0.25) is 9.59 Å². The van der Waals surface area contributed by atoms with Gasteiger partial charge in [-0.25, -0.2) is 4.39 Å². The predicted molar refractivity (Wildman–Crippen MR) is 99.9 cm³/mol. The lowest BCUT2D eigenvalue weighted by Crippen LogP contribution is -2.69. The molecule has 4 aliphatic rings. The van der Waals surface area contributed by atoms with Gasteiger partial charge in [0.25, 0.3) is 0 Å². The summed E-state index contributed by atoms with van der Waals surface area (Å²) in [7, 11) is 0. The van der Waals surface area contributed by atoms with E-state index in [1.165, 1.54) is 12.2 Å². The first-order chi connectivity index (χ1) is 13.0. The molecule has 3 fully saturated rings. The monoisotopic (exact) mass is 392 g/mol. The molecule has 4 rings (SSSR count). The fourth-order valence-corrected chi connectivity index (χ4v) is 7.26. The summed E-state index contributed by atoms with van der Waals surface area (Å²) in [5, 5.41) is 32.0. The molecule has 4 aliphatic carbocycles. The summed E-state index contributed by atoms with van der Waals surface area (Å²) >= 11 is 0. The topological polar surface area (TPSA) is 94.8 Å². The van der Waals surface area contributed by atoms with Gasteiger partial charge in [0.2, 0.25) is 0 Å². The molecule has 8 atom stereocenters. The third-order valence-corrected chi connectivity index (χ3v) is 8.79. The molecular weight excluding hydrogens is 363 g/mol. The van der Waals surface area contributed by atoms with Crippen molar-refractivity contribution in [2.75, 3.05) is 6.61 Å². The number of ketones is 2. The van der Waals surface area contributed by atoms with Crippen molar-refractivity contribution in [2.24, 2.45) is 28.6 Å². The van der Waals surface area contributed by atoms with Crippen LogP contribution in [-0.2, 0) is 9.59 Å². The molecule has 3 N–H and O–H groups in total. The van der Waals surface area contributed by atoms with Gasteiger partial charge < -0.3 is 15.3 Å². The van der Waals surface area contributed by atoms with Crippen molar-refractivity contribution in [3.8, 4) is 0 Å². The maximum Gasteiger partial charge on any atom is 0.190 e. The molecule has 0 radical (unpaired) electrons. The number of carbonyl (C=O) groups excluding carboxylic acids is 2. The molecule has 0 aromatic heterocycles. The quantitative estimate of drug-likeness (QED) is 0.667. The number of hydrogen-bond acceptors (Lipinski definition) is 5. The summed E-state index contributed by atoms with van der Waals surface area (Å²) in [5.41, 5.74) is -5.17. The lowest BCUT2D eigenvalue weighted by Gasteiger charge is -2.62. The van der Waals surface area contributed by atoms with Crippen molar-refractivity contribution in [3.05, 3.63) is 23.8 Å². The third kappa shape index (κ3) is 2.01. The van der Waals surface area contributed by atoms with Crippen molar-refractivity contribution in [1.82, 2.24) is 0 Å². The van der Waals surface area contributed by atoms with E-state index in [1.54, 1.807) is 26.8 Å². The third-order valence-electron chi connectivity index (χ3n) is 8.79. The Labute approximate surface area is 164 Å². The minimum Gasteiger partial charge on any atom is -0.390 e. The lowest BCUT2D eigenvalue weighted by molar-refractivity contribution is -0.219. The van der Waals surface area contributed by atoms with Gasteiger partial charge in [0.15, 0.2) is 17.2 Å². The van der Waals surface area contributed by atoms with Gasteiger partial charge in [0, 0.05) is 16.7 Å². The second-order valence-corrected chi connectivity index (χ2v) is 9.75. The normalized spacial score (nSPS) is 52.5. The Hall–Kier alpha value is -1.37. The van der Waals surface area contributed by atoms with Crippen LogP contribution in [0.5, 0.6) is 0 Å². The average Bonchev–Trinajstić information content (AvgIpc) is 2.84. The van der Waals surface area contributed by atoms with Crippen molar-refractivity contribution < 1.29 is 29.3 Å². The maximum atomic E-state index is 16.9. The van der Waals surface area contributed by atoms with Crippen molar-refractivity contribution in [3.63, 3.8) is 0 Å². The Balaban J connectivity index is 1.84. The van der Waals surface area contributed by atoms with Crippen molar-refractivity contribution in [2.45, 2.75) is 63.8 Å². The van der Waals surface area contributed by atoms with Crippen LogP contribution in [0.1, 0.15) is 46.5 Å². The largest absolute Gasteiger partial charge is 0.390 e. The van der Waals surface area contributed by atoms with Crippen LogP contribution in [0.15, 0.2) is 23.8 Å².